The van der Waals surface area contributed by atoms with Crippen molar-refractivity contribution >= 4 is 34.2 Å². The molecule has 29 heavy (non-hydrogen) atoms. The number of rotatable bonds is 5. The molecule has 2 aromatic carbocycles. The summed E-state index contributed by atoms with van der Waals surface area (Å²) in [4.78, 5) is 28.8. The monoisotopic (exact) mass is 392 g/mol. The van der Waals surface area contributed by atoms with E-state index in [1.165, 1.54) is 35.1 Å². The topological polar surface area (TPSA) is 93.8 Å². The smallest absolute Gasteiger partial charge is 0.255 e. The lowest BCUT2D eigenvalue weighted by Gasteiger charge is -2.05. The molecule has 4 aromatic rings. The number of nitrogens with zero attached hydrogens (tertiary/aromatic N) is 4. The Morgan fingerprint density at radius 3 is 2.66 bits per heavy atom. The minimum atomic E-state index is -0.377. The molecule has 0 spiro atoms. The van der Waals surface area contributed by atoms with Crippen LogP contribution in [0.25, 0.3) is 11.0 Å². The van der Waals surface area contributed by atoms with Crippen LogP contribution in [0.2, 0.25) is 0 Å². The molecular weight excluding hydrogens is 375 g/mol. The molecule has 0 aliphatic carbocycles. The van der Waals surface area contributed by atoms with Gasteiger partial charge in [-0.15, -0.1) is 0 Å². The summed E-state index contributed by atoms with van der Waals surface area (Å²) in [6.45, 7) is -0.0485. The van der Waals surface area contributed by atoms with Gasteiger partial charge in [0.2, 0.25) is 5.91 Å². The van der Waals surface area contributed by atoms with Crippen molar-refractivity contribution in [1.82, 2.24) is 19.3 Å². The molecule has 146 valence electrons. The average Bonchev–Trinajstić information content (AvgIpc) is 3.29. The molecule has 0 bridgehead atoms. The van der Waals surface area contributed by atoms with E-state index in [1.54, 1.807) is 24.7 Å². The normalized spacial score (nSPS) is 10.8. The Balaban J connectivity index is 1.38. The molecule has 0 aliphatic heterocycles. The van der Waals surface area contributed by atoms with Crippen LogP contribution in [0.3, 0.4) is 0 Å². The van der Waals surface area contributed by atoms with Crippen molar-refractivity contribution in [3.05, 3.63) is 72.6 Å². The van der Waals surface area contributed by atoms with Gasteiger partial charge in [0.1, 0.15) is 12.4 Å². The third kappa shape index (κ3) is 4.13. The molecule has 2 aromatic heterocycles. The van der Waals surface area contributed by atoms with Gasteiger partial charge in [0.15, 0.2) is 0 Å². The Bertz CT molecular complexity index is 1200. The Morgan fingerprint density at radius 2 is 1.86 bits per heavy atom. The predicted octanol–water partition coefficient (Wildman–Crippen LogP) is 2.80. The fraction of sp³-hybridized carbons (Fsp3) is 0.100. The van der Waals surface area contributed by atoms with E-state index in [0.717, 1.165) is 11.0 Å². The highest BCUT2D eigenvalue weighted by Crippen LogP contribution is 2.16. The number of halogens is 1. The number of benzene rings is 2. The number of aromatic nitrogens is 4. The van der Waals surface area contributed by atoms with Crippen LogP contribution in [0.15, 0.2) is 61.2 Å². The van der Waals surface area contributed by atoms with Gasteiger partial charge in [0, 0.05) is 24.5 Å². The first-order valence-electron chi connectivity index (χ1n) is 8.78. The first kappa shape index (κ1) is 18.4. The summed E-state index contributed by atoms with van der Waals surface area (Å²) in [5.74, 6) is -0.997. The van der Waals surface area contributed by atoms with Crippen molar-refractivity contribution in [2.45, 2.75) is 6.54 Å². The quantitative estimate of drug-likeness (QED) is 0.546. The Kier molecular flexibility index (Phi) is 4.78. The first-order valence-corrected chi connectivity index (χ1v) is 8.78. The number of carbonyl (C=O) groups excluding carboxylic acids is 2. The average molecular weight is 392 g/mol. The summed E-state index contributed by atoms with van der Waals surface area (Å²) in [7, 11) is 1.88. The number of amides is 2. The summed E-state index contributed by atoms with van der Waals surface area (Å²) < 4.78 is 16.2. The van der Waals surface area contributed by atoms with Crippen LogP contribution in [0.5, 0.6) is 0 Å². The maximum absolute atomic E-state index is 12.9. The SMILES string of the molecule is Cn1cnc2cc(C(=O)Nc3cnn(CC(=O)Nc4ccc(F)cc4)c3)ccc21. The highest BCUT2D eigenvalue weighted by molar-refractivity contribution is 6.05. The highest BCUT2D eigenvalue weighted by atomic mass is 19.1. The summed E-state index contributed by atoms with van der Waals surface area (Å²) in [6, 6.07) is 10.7. The van der Waals surface area contributed by atoms with Crippen LogP contribution in [0.1, 0.15) is 10.4 Å². The number of hydrogen-bond acceptors (Lipinski definition) is 4. The number of hydrogen-bond donors (Lipinski definition) is 2. The maximum atomic E-state index is 12.9. The summed E-state index contributed by atoms with van der Waals surface area (Å²) in [6.07, 6.45) is 4.71. The summed E-state index contributed by atoms with van der Waals surface area (Å²) in [5, 5.41) is 9.48. The fourth-order valence-electron chi connectivity index (χ4n) is 2.88. The van der Waals surface area contributed by atoms with Crippen LogP contribution in [-0.2, 0) is 18.4 Å². The van der Waals surface area contributed by atoms with Gasteiger partial charge >= 0.3 is 0 Å². The van der Waals surface area contributed by atoms with Crippen LogP contribution in [-0.4, -0.2) is 31.1 Å². The van der Waals surface area contributed by atoms with E-state index >= 15 is 0 Å². The van der Waals surface area contributed by atoms with Gasteiger partial charge in [0.25, 0.3) is 5.91 Å². The molecule has 0 atom stereocenters. The maximum Gasteiger partial charge on any atom is 0.255 e. The van der Waals surface area contributed by atoms with Crippen LogP contribution < -0.4 is 10.6 Å². The van der Waals surface area contributed by atoms with Gasteiger partial charge < -0.3 is 15.2 Å². The van der Waals surface area contributed by atoms with Crippen LogP contribution in [0, 0.1) is 5.82 Å². The molecule has 0 saturated heterocycles. The molecule has 0 saturated carbocycles. The second kappa shape index (κ2) is 7.55. The number of aryl methyl sites for hydroxylation is 1. The summed E-state index contributed by atoms with van der Waals surface area (Å²) in [5.41, 5.74) is 3.08. The summed E-state index contributed by atoms with van der Waals surface area (Å²) >= 11 is 0. The number of anilines is 2. The van der Waals surface area contributed by atoms with Gasteiger partial charge in [-0.3, -0.25) is 14.3 Å². The Morgan fingerprint density at radius 1 is 1.07 bits per heavy atom. The number of carbonyl (C=O) groups is 2. The third-order valence-corrected chi connectivity index (χ3v) is 4.31. The lowest BCUT2D eigenvalue weighted by atomic mass is 10.2. The second-order valence-corrected chi connectivity index (χ2v) is 6.49. The van der Waals surface area contributed by atoms with Crippen molar-refractivity contribution in [1.29, 1.82) is 0 Å². The molecule has 0 fully saturated rings. The zero-order chi connectivity index (χ0) is 20.4. The lowest BCUT2D eigenvalue weighted by molar-refractivity contribution is -0.116. The Labute approximate surface area is 165 Å². The number of fused-ring (bicyclic) bond motifs is 1. The fourth-order valence-corrected chi connectivity index (χ4v) is 2.88. The second-order valence-electron chi connectivity index (χ2n) is 6.49. The molecule has 2 heterocycles. The van der Waals surface area contributed by atoms with Gasteiger partial charge in [-0.1, -0.05) is 0 Å². The van der Waals surface area contributed by atoms with E-state index in [9.17, 15) is 14.0 Å². The number of nitrogens with one attached hydrogen (secondary N) is 2. The number of imidazole rings is 1. The van der Waals surface area contributed by atoms with E-state index in [2.05, 4.69) is 20.7 Å². The van der Waals surface area contributed by atoms with E-state index < -0.39 is 0 Å². The van der Waals surface area contributed by atoms with Crippen molar-refractivity contribution in [2.24, 2.45) is 7.05 Å². The van der Waals surface area contributed by atoms with Crippen molar-refractivity contribution < 1.29 is 14.0 Å². The molecule has 8 nitrogen and oxygen atoms in total. The molecule has 4 rings (SSSR count). The van der Waals surface area contributed by atoms with Crippen molar-refractivity contribution in [3.63, 3.8) is 0 Å². The molecule has 0 unspecified atom stereocenters. The van der Waals surface area contributed by atoms with E-state index in [0.29, 0.717) is 16.9 Å². The predicted molar refractivity (Wildman–Crippen MR) is 106 cm³/mol. The van der Waals surface area contributed by atoms with E-state index in [4.69, 9.17) is 0 Å². The van der Waals surface area contributed by atoms with Gasteiger partial charge in [-0.25, -0.2) is 9.37 Å². The molecule has 9 heteroatoms. The molecule has 0 aliphatic rings. The lowest BCUT2D eigenvalue weighted by Crippen LogP contribution is -2.19. The van der Waals surface area contributed by atoms with E-state index in [1.807, 2.05) is 17.7 Å². The van der Waals surface area contributed by atoms with Crippen LogP contribution >= 0.6 is 0 Å². The van der Waals surface area contributed by atoms with Crippen LogP contribution in [0.4, 0.5) is 15.8 Å². The third-order valence-electron chi connectivity index (χ3n) is 4.31. The first-order chi connectivity index (χ1) is 14.0. The molecule has 2 N–H and O–H groups in total. The zero-order valence-electron chi connectivity index (χ0n) is 15.5. The minimum Gasteiger partial charge on any atom is -0.334 e. The Hall–Kier alpha value is -4.01. The molecular formula is C20H17FN6O2. The van der Waals surface area contributed by atoms with E-state index in [-0.39, 0.29) is 24.2 Å². The highest BCUT2D eigenvalue weighted by Gasteiger charge is 2.11. The molecule has 0 radical (unpaired) electrons. The largest absolute Gasteiger partial charge is 0.334 e. The minimum absolute atomic E-state index is 0.0485. The standard InChI is InChI=1S/C20H17FN6O2/c1-26-12-22-17-8-13(2-7-18(17)26)20(29)25-16-9-23-27(10-16)11-19(28)24-15-5-3-14(21)4-6-15/h2-10,12H,11H2,1H3,(H,24,28)(H,25,29). The van der Waals surface area contributed by atoms with Gasteiger partial charge in [0.05, 0.1) is 29.2 Å². The van der Waals surface area contributed by atoms with Gasteiger partial charge in [-0.2, -0.15) is 5.10 Å². The van der Waals surface area contributed by atoms with Crippen molar-refractivity contribution in [3.8, 4) is 0 Å². The van der Waals surface area contributed by atoms with Crippen molar-refractivity contribution in [2.75, 3.05) is 10.6 Å². The molecule has 2 amide bonds. The zero-order valence-corrected chi connectivity index (χ0v) is 15.5. The van der Waals surface area contributed by atoms with Gasteiger partial charge in [-0.05, 0) is 42.5 Å².